The predicted molar refractivity (Wildman–Crippen MR) is 124 cm³/mol. The van der Waals surface area contributed by atoms with Crippen LogP contribution in [0.5, 0.6) is 5.75 Å². The summed E-state index contributed by atoms with van der Waals surface area (Å²) in [7, 11) is 0. The predicted octanol–water partition coefficient (Wildman–Crippen LogP) is 6.56. The van der Waals surface area contributed by atoms with E-state index >= 15 is 0 Å². The van der Waals surface area contributed by atoms with Crippen molar-refractivity contribution in [2.24, 2.45) is 0 Å². The van der Waals surface area contributed by atoms with Crippen molar-refractivity contribution in [1.29, 1.82) is 0 Å². The molecule has 0 saturated heterocycles. The van der Waals surface area contributed by atoms with Gasteiger partial charge in [-0.05, 0) is 87.4 Å². The lowest BCUT2D eigenvalue weighted by Gasteiger charge is -2.26. The van der Waals surface area contributed by atoms with Gasteiger partial charge in [0.2, 0.25) is 5.89 Å². The molecule has 1 amide bonds. The molecule has 4 rings (SSSR count). The highest BCUT2D eigenvalue weighted by Gasteiger charge is 2.30. The van der Waals surface area contributed by atoms with Crippen molar-refractivity contribution in [3.05, 3.63) is 76.8 Å². The molecule has 31 heavy (non-hydrogen) atoms. The summed E-state index contributed by atoms with van der Waals surface area (Å²) in [6.07, 6.45) is 0. The average molecular weight is 435 g/mol. The summed E-state index contributed by atoms with van der Waals surface area (Å²) in [5.41, 5.74) is 3.93. The number of fused-ring (bicyclic) bond motifs is 1. The molecule has 0 saturated carbocycles. The van der Waals surface area contributed by atoms with Crippen molar-refractivity contribution in [3.63, 3.8) is 0 Å². The maximum atomic E-state index is 13.0. The number of rotatable bonds is 5. The Balaban J connectivity index is 1.57. The highest BCUT2D eigenvalue weighted by Crippen LogP contribution is 2.29. The van der Waals surface area contributed by atoms with E-state index in [0.29, 0.717) is 22.4 Å². The van der Waals surface area contributed by atoms with Crippen molar-refractivity contribution in [2.75, 3.05) is 5.32 Å². The van der Waals surface area contributed by atoms with E-state index in [0.717, 1.165) is 27.8 Å². The topological polar surface area (TPSA) is 64.4 Å². The molecule has 0 bridgehead atoms. The third-order valence-corrected chi connectivity index (χ3v) is 5.26. The molecule has 0 atom stereocenters. The molecule has 158 valence electrons. The lowest BCUT2D eigenvalue weighted by molar-refractivity contribution is -0.128. The van der Waals surface area contributed by atoms with Gasteiger partial charge in [0.1, 0.15) is 11.3 Å². The van der Waals surface area contributed by atoms with Gasteiger partial charge in [-0.2, -0.15) is 0 Å². The number of benzene rings is 3. The molecule has 0 aliphatic rings. The number of halogens is 1. The second kappa shape index (κ2) is 8.08. The Morgan fingerprint density at radius 2 is 1.77 bits per heavy atom. The zero-order valence-corrected chi connectivity index (χ0v) is 18.6. The molecule has 0 radical (unpaired) electrons. The van der Waals surface area contributed by atoms with Crippen LogP contribution in [0.4, 0.5) is 5.69 Å². The highest BCUT2D eigenvalue weighted by molar-refractivity contribution is 6.30. The molecule has 0 aliphatic carbocycles. The number of carbonyl (C=O) groups is 1. The van der Waals surface area contributed by atoms with E-state index in [1.807, 2.05) is 50.2 Å². The van der Waals surface area contributed by atoms with Crippen LogP contribution in [0.25, 0.3) is 22.6 Å². The Kier molecular flexibility index (Phi) is 5.46. The van der Waals surface area contributed by atoms with Gasteiger partial charge in [0.25, 0.3) is 5.91 Å². The zero-order valence-electron chi connectivity index (χ0n) is 17.8. The molecule has 6 heteroatoms. The molecule has 1 heterocycles. The molecular weight excluding hydrogens is 412 g/mol. The van der Waals surface area contributed by atoms with Gasteiger partial charge in [-0.3, -0.25) is 4.79 Å². The molecule has 1 N–H and O–H groups in total. The quantitative estimate of drug-likeness (QED) is 0.386. The maximum Gasteiger partial charge on any atom is 0.267 e. The van der Waals surface area contributed by atoms with E-state index in [1.165, 1.54) is 0 Å². The number of carbonyl (C=O) groups excluding carboxylic acids is 1. The number of amides is 1. The summed E-state index contributed by atoms with van der Waals surface area (Å²) in [4.78, 5) is 17.6. The minimum absolute atomic E-state index is 0.268. The molecule has 0 aliphatic heterocycles. The van der Waals surface area contributed by atoms with Gasteiger partial charge in [0.15, 0.2) is 11.2 Å². The van der Waals surface area contributed by atoms with Crippen molar-refractivity contribution in [2.45, 2.75) is 33.3 Å². The largest absolute Gasteiger partial charge is 0.478 e. The summed E-state index contributed by atoms with van der Waals surface area (Å²) in [6, 6.07) is 18.5. The SMILES string of the molecule is Cc1ccc2nc(-c3ccc(C)c(NC(=O)C(C)(C)Oc4ccc(Cl)cc4)c3)oc2c1. The maximum absolute atomic E-state index is 13.0. The van der Waals surface area contributed by atoms with Gasteiger partial charge in [0.05, 0.1) is 0 Å². The lowest BCUT2D eigenvalue weighted by Crippen LogP contribution is -2.42. The molecule has 3 aromatic carbocycles. The number of anilines is 1. The Morgan fingerprint density at radius 3 is 2.52 bits per heavy atom. The summed E-state index contributed by atoms with van der Waals surface area (Å²) >= 11 is 5.92. The number of aromatic nitrogens is 1. The molecule has 0 fully saturated rings. The summed E-state index contributed by atoms with van der Waals surface area (Å²) < 4.78 is 11.8. The van der Waals surface area contributed by atoms with Crippen LogP contribution in [0, 0.1) is 13.8 Å². The van der Waals surface area contributed by atoms with E-state index in [4.69, 9.17) is 20.8 Å². The van der Waals surface area contributed by atoms with Crippen molar-refractivity contribution >= 4 is 34.3 Å². The molecular formula is C25H23ClN2O3. The average Bonchev–Trinajstić information content (AvgIpc) is 3.14. The number of hydrogen-bond donors (Lipinski definition) is 1. The highest BCUT2D eigenvalue weighted by atomic mass is 35.5. The second-order valence-electron chi connectivity index (χ2n) is 8.04. The van der Waals surface area contributed by atoms with Crippen molar-refractivity contribution in [1.82, 2.24) is 4.98 Å². The zero-order chi connectivity index (χ0) is 22.2. The standard InChI is InChI=1S/C25H23ClN2O3/c1-15-5-12-20-22(13-15)30-23(27-20)17-7-6-16(2)21(14-17)28-24(29)25(3,4)31-19-10-8-18(26)9-11-19/h5-14H,1-4H3,(H,28,29). The Hall–Kier alpha value is -3.31. The summed E-state index contributed by atoms with van der Waals surface area (Å²) in [6.45, 7) is 7.38. The van der Waals surface area contributed by atoms with Gasteiger partial charge in [-0.1, -0.05) is 23.7 Å². The fraction of sp³-hybridized carbons (Fsp3) is 0.200. The molecule has 5 nitrogen and oxygen atoms in total. The first-order valence-electron chi connectivity index (χ1n) is 9.95. The van der Waals surface area contributed by atoms with E-state index in [2.05, 4.69) is 10.3 Å². The van der Waals surface area contributed by atoms with Crippen molar-refractivity contribution in [3.8, 4) is 17.2 Å². The monoisotopic (exact) mass is 434 g/mol. The van der Waals surface area contributed by atoms with Crippen LogP contribution in [0.1, 0.15) is 25.0 Å². The first kappa shape index (κ1) is 20.9. The van der Waals surface area contributed by atoms with Crippen LogP contribution in [-0.4, -0.2) is 16.5 Å². The smallest absolute Gasteiger partial charge is 0.267 e. The van der Waals surface area contributed by atoms with Crippen LogP contribution in [0.2, 0.25) is 5.02 Å². The van der Waals surface area contributed by atoms with Crippen LogP contribution < -0.4 is 10.1 Å². The Bertz CT molecular complexity index is 1260. The fourth-order valence-corrected chi connectivity index (χ4v) is 3.29. The van der Waals surface area contributed by atoms with Crippen LogP contribution in [0.3, 0.4) is 0 Å². The Morgan fingerprint density at radius 1 is 1.03 bits per heavy atom. The number of ether oxygens (including phenoxy) is 1. The first-order valence-corrected chi connectivity index (χ1v) is 10.3. The molecule has 4 aromatic rings. The second-order valence-corrected chi connectivity index (χ2v) is 8.48. The fourth-order valence-electron chi connectivity index (χ4n) is 3.16. The van der Waals surface area contributed by atoms with Gasteiger partial charge >= 0.3 is 0 Å². The van der Waals surface area contributed by atoms with Crippen LogP contribution in [-0.2, 0) is 4.79 Å². The third kappa shape index (κ3) is 4.57. The number of aryl methyl sites for hydroxylation is 2. The normalized spacial score (nSPS) is 11.5. The number of hydrogen-bond acceptors (Lipinski definition) is 4. The van der Waals surface area contributed by atoms with Crippen molar-refractivity contribution < 1.29 is 13.9 Å². The minimum Gasteiger partial charge on any atom is -0.478 e. The lowest BCUT2D eigenvalue weighted by atomic mass is 10.1. The minimum atomic E-state index is -1.09. The van der Waals surface area contributed by atoms with E-state index < -0.39 is 5.60 Å². The number of nitrogens with zero attached hydrogens (tertiary/aromatic N) is 1. The van der Waals surface area contributed by atoms with Crippen LogP contribution >= 0.6 is 11.6 Å². The van der Waals surface area contributed by atoms with E-state index in [9.17, 15) is 4.79 Å². The van der Waals surface area contributed by atoms with E-state index in [1.54, 1.807) is 38.1 Å². The van der Waals surface area contributed by atoms with Gasteiger partial charge in [0, 0.05) is 16.3 Å². The summed E-state index contributed by atoms with van der Waals surface area (Å²) in [5, 5.41) is 3.58. The molecule has 0 unspecified atom stereocenters. The first-order chi connectivity index (χ1) is 14.7. The van der Waals surface area contributed by atoms with Gasteiger partial charge < -0.3 is 14.5 Å². The van der Waals surface area contributed by atoms with E-state index in [-0.39, 0.29) is 5.91 Å². The third-order valence-electron chi connectivity index (χ3n) is 5.01. The van der Waals surface area contributed by atoms with Crippen LogP contribution in [0.15, 0.2) is 65.1 Å². The molecule has 1 aromatic heterocycles. The molecule has 0 spiro atoms. The Labute approximate surface area is 186 Å². The number of oxazole rings is 1. The summed E-state index contributed by atoms with van der Waals surface area (Å²) in [5.74, 6) is 0.806. The number of nitrogens with one attached hydrogen (secondary N) is 1. The van der Waals surface area contributed by atoms with Gasteiger partial charge in [-0.15, -0.1) is 0 Å². The van der Waals surface area contributed by atoms with Gasteiger partial charge in [-0.25, -0.2) is 4.98 Å².